The lowest BCUT2D eigenvalue weighted by atomic mass is 9.83. The number of hydrogen-bond donors (Lipinski definition) is 6. The number of fused-ring (bicyclic) bond motifs is 1. The van der Waals surface area contributed by atoms with Crippen molar-refractivity contribution < 1.29 is 19.1 Å². The number of aromatic amines is 1. The molecule has 1 aliphatic heterocycles. The van der Waals surface area contributed by atoms with Crippen LogP contribution in [0.2, 0.25) is 5.02 Å². The number of amides is 3. The summed E-state index contributed by atoms with van der Waals surface area (Å²) in [7, 11) is 0. The van der Waals surface area contributed by atoms with E-state index in [0.717, 1.165) is 73.1 Å². The first-order chi connectivity index (χ1) is 25.4. The second-order valence-corrected chi connectivity index (χ2v) is 16.6. The molecule has 7 N–H and O–H groups in total. The van der Waals surface area contributed by atoms with Crippen molar-refractivity contribution in [2.45, 2.75) is 108 Å². The molecule has 3 aromatic rings. The Hall–Kier alpha value is -3.59. The highest BCUT2D eigenvalue weighted by Crippen LogP contribution is 2.30. The third-order valence-electron chi connectivity index (χ3n) is 10.0. The van der Waals surface area contributed by atoms with E-state index in [4.69, 9.17) is 22.1 Å². The predicted octanol–water partition coefficient (Wildman–Crippen LogP) is 5.76. The fourth-order valence-corrected chi connectivity index (χ4v) is 7.92. The Balaban J connectivity index is 1.03. The third-order valence-corrected chi connectivity index (χ3v) is 11.2. The highest BCUT2D eigenvalue weighted by Gasteiger charge is 2.39. The van der Waals surface area contributed by atoms with E-state index in [1.807, 2.05) is 57.3 Å². The summed E-state index contributed by atoms with van der Waals surface area (Å²) in [6.07, 6.45) is 11.4. The maximum Gasteiger partial charge on any atom is 0.408 e. The number of hydrogen-bond acceptors (Lipinski definition) is 10. The Labute approximate surface area is 322 Å². The quantitative estimate of drug-likeness (QED) is 0.0775. The summed E-state index contributed by atoms with van der Waals surface area (Å²) >= 11 is 7.81. The van der Waals surface area contributed by atoms with Crippen LogP contribution in [0.25, 0.3) is 11.0 Å². The molecule has 2 unspecified atom stereocenters. The first-order valence-corrected chi connectivity index (χ1v) is 20.3. The van der Waals surface area contributed by atoms with E-state index in [-0.39, 0.29) is 23.8 Å². The number of piperidine rings is 1. The molecule has 15 heteroatoms. The van der Waals surface area contributed by atoms with Gasteiger partial charge in [0.15, 0.2) is 0 Å². The van der Waals surface area contributed by atoms with Crippen molar-refractivity contribution in [1.82, 2.24) is 35.6 Å². The van der Waals surface area contributed by atoms with Gasteiger partial charge in [0, 0.05) is 43.2 Å². The summed E-state index contributed by atoms with van der Waals surface area (Å²) in [6.45, 7) is 7.87. The van der Waals surface area contributed by atoms with Crippen molar-refractivity contribution in [2.24, 2.45) is 11.7 Å². The Morgan fingerprint density at radius 3 is 2.49 bits per heavy atom. The number of carbonyl (C=O) groups is 3. The van der Waals surface area contributed by atoms with Crippen LogP contribution in [0.4, 0.5) is 10.6 Å². The number of aromatic nitrogens is 3. The fraction of sp³-hybridized carbons (Fsp3) is 0.605. The number of halogens is 1. The van der Waals surface area contributed by atoms with Crippen molar-refractivity contribution in [3.63, 3.8) is 0 Å². The Morgan fingerprint density at radius 2 is 1.77 bits per heavy atom. The summed E-state index contributed by atoms with van der Waals surface area (Å²) in [6, 6.07) is 8.70. The molecular formula is C38H56ClN9O4S. The van der Waals surface area contributed by atoms with E-state index in [9.17, 15) is 14.4 Å². The van der Waals surface area contributed by atoms with Gasteiger partial charge in [0.25, 0.3) is 0 Å². The molecule has 13 nitrogen and oxygen atoms in total. The molecule has 2 atom stereocenters. The Kier molecular flexibility index (Phi) is 14.7. The largest absolute Gasteiger partial charge is 0.444 e. The maximum absolute atomic E-state index is 13.7. The van der Waals surface area contributed by atoms with Gasteiger partial charge in [-0.15, -0.1) is 0 Å². The van der Waals surface area contributed by atoms with Crippen LogP contribution in [-0.4, -0.2) is 82.0 Å². The number of unbranched alkanes of at least 4 members (excludes halogenated alkanes) is 1. The van der Waals surface area contributed by atoms with Crippen LogP contribution in [0, 0.1) is 5.92 Å². The summed E-state index contributed by atoms with van der Waals surface area (Å²) in [5.41, 5.74) is 6.90. The number of nitrogens with two attached hydrogens (primary N) is 1. The zero-order chi connectivity index (χ0) is 37.8. The van der Waals surface area contributed by atoms with Crippen LogP contribution < -0.4 is 31.3 Å². The van der Waals surface area contributed by atoms with E-state index >= 15 is 0 Å². The molecule has 0 spiro atoms. The van der Waals surface area contributed by atoms with E-state index in [1.165, 1.54) is 0 Å². The van der Waals surface area contributed by atoms with Crippen LogP contribution in [0.1, 0.15) is 96.6 Å². The van der Waals surface area contributed by atoms with Gasteiger partial charge in [-0.1, -0.05) is 54.9 Å². The fourth-order valence-electron chi connectivity index (χ4n) is 7.04. The highest BCUT2D eigenvalue weighted by molar-refractivity contribution is 7.97. The van der Waals surface area contributed by atoms with Crippen molar-refractivity contribution in [1.29, 1.82) is 0 Å². The molecule has 2 aromatic heterocycles. The molecule has 1 aromatic carbocycles. The van der Waals surface area contributed by atoms with Crippen molar-refractivity contribution in [3.8, 4) is 0 Å². The maximum atomic E-state index is 13.7. The molecule has 1 saturated heterocycles. The average Bonchev–Trinajstić information content (AvgIpc) is 3.62. The smallest absolute Gasteiger partial charge is 0.408 e. The summed E-state index contributed by atoms with van der Waals surface area (Å²) in [4.78, 5) is 53.5. The standard InChI is InChI=1S/C38H56ClN9O4S/c1-37(2,3)52-36(51)47-31(27-9-5-4-6-10-27)34(49)42-19-7-8-24-53-45-21-16-30(26-11-13-28(39)14-12-26)46-35(50)38(40)17-22-48(23-18-38)33-29-15-20-41-32(29)43-25-44-33/h11-15,20,25,27,30-31,45H,4-10,16-19,21-24,40H2,1-3H3,(H,42,49)(H,46,50)(H,47,51)(H,41,43,44). The van der Waals surface area contributed by atoms with Crippen LogP contribution in [0.5, 0.6) is 0 Å². The molecule has 0 radical (unpaired) electrons. The molecule has 2 aliphatic rings. The molecule has 1 saturated carbocycles. The molecule has 3 heterocycles. The van der Waals surface area contributed by atoms with Gasteiger partial charge in [-0.05, 0) is 95.4 Å². The predicted molar refractivity (Wildman–Crippen MR) is 212 cm³/mol. The number of nitrogens with zero attached hydrogens (tertiary/aromatic N) is 3. The van der Waals surface area contributed by atoms with Crippen LogP contribution in [0.15, 0.2) is 42.9 Å². The molecule has 2 fully saturated rings. The lowest BCUT2D eigenvalue weighted by molar-refractivity contribution is -0.128. The van der Waals surface area contributed by atoms with Gasteiger partial charge in [-0.25, -0.2) is 14.8 Å². The number of anilines is 1. The highest BCUT2D eigenvalue weighted by atomic mass is 35.5. The van der Waals surface area contributed by atoms with E-state index in [0.29, 0.717) is 50.5 Å². The zero-order valence-electron chi connectivity index (χ0n) is 31.2. The molecule has 1 aliphatic carbocycles. The zero-order valence-corrected chi connectivity index (χ0v) is 32.8. The van der Waals surface area contributed by atoms with Crippen molar-refractivity contribution in [3.05, 3.63) is 53.4 Å². The average molecular weight is 770 g/mol. The van der Waals surface area contributed by atoms with E-state index < -0.39 is 23.3 Å². The van der Waals surface area contributed by atoms with Gasteiger partial charge >= 0.3 is 6.09 Å². The van der Waals surface area contributed by atoms with Crippen LogP contribution in [0.3, 0.4) is 0 Å². The number of carbonyl (C=O) groups excluding carboxylic acids is 3. The minimum atomic E-state index is -0.995. The Bertz CT molecular complexity index is 1640. The SMILES string of the molecule is CC(C)(C)OC(=O)NC(C(=O)NCCCCSNCCC(NC(=O)C1(N)CCN(c2ncnc3[nH]ccc23)CC1)c1ccc(Cl)cc1)C1CCCCC1. The monoisotopic (exact) mass is 769 g/mol. The summed E-state index contributed by atoms with van der Waals surface area (Å²) in [5, 5.41) is 10.7. The van der Waals surface area contributed by atoms with E-state index in [1.54, 1.807) is 18.3 Å². The lowest BCUT2D eigenvalue weighted by Gasteiger charge is -2.39. The lowest BCUT2D eigenvalue weighted by Crippen LogP contribution is -2.60. The van der Waals surface area contributed by atoms with Gasteiger partial charge < -0.3 is 36.3 Å². The van der Waals surface area contributed by atoms with Gasteiger partial charge in [0.1, 0.15) is 29.4 Å². The Morgan fingerprint density at radius 1 is 1.04 bits per heavy atom. The summed E-state index contributed by atoms with van der Waals surface area (Å²) < 4.78 is 8.88. The number of benzene rings is 1. The topological polar surface area (TPSA) is 179 Å². The second-order valence-electron chi connectivity index (χ2n) is 15.2. The number of ether oxygens (including phenoxy) is 1. The molecule has 0 bridgehead atoms. The second kappa shape index (κ2) is 19.1. The van der Waals surface area contributed by atoms with Gasteiger partial charge in [-0.2, -0.15) is 0 Å². The number of alkyl carbamates (subject to hydrolysis) is 1. The van der Waals surface area contributed by atoms with Gasteiger partial charge in [0.05, 0.1) is 17.0 Å². The molecule has 53 heavy (non-hydrogen) atoms. The van der Waals surface area contributed by atoms with Gasteiger partial charge in [0.2, 0.25) is 11.8 Å². The third kappa shape index (κ3) is 12.0. The molecule has 3 amide bonds. The number of nitrogens with one attached hydrogen (secondary N) is 5. The molecule has 290 valence electrons. The van der Waals surface area contributed by atoms with Crippen molar-refractivity contribution in [2.75, 3.05) is 36.8 Å². The first kappa shape index (κ1) is 40.6. The van der Waals surface area contributed by atoms with Crippen LogP contribution in [-0.2, 0) is 14.3 Å². The summed E-state index contributed by atoms with van der Waals surface area (Å²) in [5.74, 6) is 1.53. The number of rotatable bonds is 16. The first-order valence-electron chi connectivity index (χ1n) is 18.9. The van der Waals surface area contributed by atoms with Crippen molar-refractivity contribution >= 4 is 58.3 Å². The number of H-pyrrole nitrogens is 1. The van der Waals surface area contributed by atoms with Crippen LogP contribution >= 0.6 is 23.5 Å². The molecular weight excluding hydrogens is 714 g/mol. The minimum Gasteiger partial charge on any atom is -0.444 e. The molecule has 5 rings (SSSR count). The van der Waals surface area contributed by atoms with E-state index in [2.05, 4.69) is 40.5 Å². The minimum absolute atomic E-state index is 0.118. The van der Waals surface area contributed by atoms with Gasteiger partial charge in [-0.3, -0.25) is 14.3 Å². The normalized spacial score (nSPS) is 17.6.